The summed E-state index contributed by atoms with van der Waals surface area (Å²) in [7, 11) is 0. The van der Waals surface area contributed by atoms with Crippen LogP contribution in [0.15, 0.2) is 12.2 Å². The summed E-state index contributed by atoms with van der Waals surface area (Å²) in [6, 6.07) is 0. The molecule has 4 rings (SSSR count). The molecule has 0 heterocycles. The van der Waals surface area contributed by atoms with E-state index in [1.54, 1.807) is 5.57 Å². The van der Waals surface area contributed by atoms with Crippen molar-refractivity contribution in [3.8, 4) is 0 Å². The largest absolute Gasteiger partial charge is 0.0996 e. The molecule has 0 saturated heterocycles. The molecule has 0 radical (unpaired) electrons. The van der Waals surface area contributed by atoms with Crippen LogP contribution in [0.1, 0.15) is 78.6 Å². The Balaban J connectivity index is 1.74. The first-order valence-corrected chi connectivity index (χ1v) is 9.05. The molecule has 2 bridgehead atoms. The molecule has 4 saturated carbocycles. The zero-order valence-corrected chi connectivity index (χ0v) is 13.8. The summed E-state index contributed by atoms with van der Waals surface area (Å²) in [6.07, 6.45) is 13.3. The van der Waals surface area contributed by atoms with E-state index in [0.717, 1.165) is 17.8 Å². The molecule has 0 aromatic heterocycles. The third kappa shape index (κ3) is 1.54. The monoisotopic (exact) mass is 272 g/mol. The second-order valence-electron chi connectivity index (χ2n) is 9.67. The lowest BCUT2D eigenvalue weighted by atomic mass is 9.41. The maximum Gasteiger partial charge on any atom is -0.0200 e. The maximum absolute atomic E-state index is 4.44. The second-order valence-corrected chi connectivity index (χ2v) is 9.67. The van der Waals surface area contributed by atoms with Gasteiger partial charge in [0.25, 0.3) is 0 Å². The summed E-state index contributed by atoms with van der Waals surface area (Å²) in [5.74, 6) is 2.87. The quantitative estimate of drug-likeness (QED) is 0.476. The second kappa shape index (κ2) is 3.93. The molecule has 0 nitrogen and oxygen atoms in total. The van der Waals surface area contributed by atoms with Crippen molar-refractivity contribution in [1.82, 2.24) is 0 Å². The van der Waals surface area contributed by atoms with Gasteiger partial charge in [0.2, 0.25) is 0 Å². The molecule has 4 aliphatic carbocycles. The van der Waals surface area contributed by atoms with Crippen LogP contribution in [0.4, 0.5) is 0 Å². The lowest BCUT2D eigenvalue weighted by molar-refractivity contribution is -0.144. The Labute approximate surface area is 125 Å². The van der Waals surface area contributed by atoms with Gasteiger partial charge in [-0.3, -0.25) is 0 Å². The van der Waals surface area contributed by atoms with Crippen LogP contribution in [-0.2, 0) is 0 Å². The number of fused-ring (bicyclic) bond motifs is 3. The van der Waals surface area contributed by atoms with Crippen molar-refractivity contribution in [3.63, 3.8) is 0 Å². The summed E-state index contributed by atoms with van der Waals surface area (Å²) in [5.41, 5.74) is 3.51. The van der Waals surface area contributed by atoms with Crippen LogP contribution in [0.3, 0.4) is 0 Å². The van der Waals surface area contributed by atoms with E-state index in [-0.39, 0.29) is 0 Å². The zero-order chi connectivity index (χ0) is 14.2. The number of hydrogen-bond acceptors (Lipinski definition) is 0. The van der Waals surface area contributed by atoms with Crippen LogP contribution in [0, 0.1) is 34.0 Å². The molecule has 0 aromatic carbocycles. The van der Waals surface area contributed by atoms with E-state index < -0.39 is 0 Å². The molecule has 112 valence electrons. The number of hydrogen-bond donors (Lipinski definition) is 0. The first-order valence-electron chi connectivity index (χ1n) is 9.05. The van der Waals surface area contributed by atoms with Gasteiger partial charge in [-0.2, -0.15) is 0 Å². The van der Waals surface area contributed by atoms with Gasteiger partial charge in [-0.15, -0.1) is 0 Å². The standard InChI is InChI=1S/C20H32/c1-14-12-20-11-8-16-18(2,3)9-5-10-19(16,4)17(20)7-6-15(14)13-20/h15-17H,1,5-13H2,2-4H3/t15-,16+,17?,19+,20-/m1/s1. The van der Waals surface area contributed by atoms with Crippen LogP contribution >= 0.6 is 0 Å². The normalized spacial score (nSPS) is 53.4. The highest BCUT2D eigenvalue weighted by Crippen LogP contribution is 2.72. The van der Waals surface area contributed by atoms with Gasteiger partial charge in [-0.25, -0.2) is 0 Å². The molecule has 20 heavy (non-hydrogen) atoms. The van der Waals surface area contributed by atoms with E-state index in [2.05, 4.69) is 27.4 Å². The van der Waals surface area contributed by atoms with E-state index in [1.165, 1.54) is 57.8 Å². The van der Waals surface area contributed by atoms with E-state index in [9.17, 15) is 0 Å². The number of rotatable bonds is 0. The predicted molar refractivity (Wildman–Crippen MR) is 85.5 cm³/mol. The van der Waals surface area contributed by atoms with Gasteiger partial charge >= 0.3 is 0 Å². The average molecular weight is 272 g/mol. The van der Waals surface area contributed by atoms with Crippen molar-refractivity contribution in [2.75, 3.05) is 0 Å². The summed E-state index contributed by atoms with van der Waals surface area (Å²) in [5, 5.41) is 0. The molecule has 0 heteroatoms. The van der Waals surface area contributed by atoms with Gasteiger partial charge < -0.3 is 0 Å². The summed E-state index contributed by atoms with van der Waals surface area (Å²) in [4.78, 5) is 0. The Hall–Kier alpha value is -0.260. The lowest BCUT2D eigenvalue weighted by Crippen LogP contribution is -2.55. The summed E-state index contributed by atoms with van der Waals surface area (Å²) < 4.78 is 0. The molecular formula is C20H32. The minimum Gasteiger partial charge on any atom is -0.0996 e. The third-order valence-corrected chi connectivity index (χ3v) is 8.36. The van der Waals surface area contributed by atoms with Crippen LogP contribution in [-0.4, -0.2) is 0 Å². The lowest BCUT2D eigenvalue weighted by Gasteiger charge is -2.64. The third-order valence-electron chi connectivity index (χ3n) is 8.36. The highest BCUT2D eigenvalue weighted by atomic mass is 14.7. The first-order chi connectivity index (χ1) is 9.37. The van der Waals surface area contributed by atoms with Crippen LogP contribution < -0.4 is 0 Å². The molecule has 0 N–H and O–H groups in total. The zero-order valence-electron chi connectivity index (χ0n) is 13.8. The summed E-state index contributed by atoms with van der Waals surface area (Å²) >= 11 is 0. The fraction of sp³-hybridized carbons (Fsp3) is 0.900. The van der Waals surface area contributed by atoms with Gasteiger partial charge in [0.15, 0.2) is 0 Å². The molecular weight excluding hydrogens is 240 g/mol. The van der Waals surface area contributed by atoms with Crippen molar-refractivity contribution in [1.29, 1.82) is 0 Å². The van der Waals surface area contributed by atoms with Crippen molar-refractivity contribution >= 4 is 0 Å². The summed E-state index contributed by atoms with van der Waals surface area (Å²) in [6.45, 7) is 12.2. The topological polar surface area (TPSA) is 0 Å². The average Bonchev–Trinajstić information content (AvgIpc) is 2.58. The van der Waals surface area contributed by atoms with Crippen molar-refractivity contribution < 1.29 is 0 Å². The van der Waals surface area contributed by atoms with E-state index >= 15 is 0 Å². The fourth-order valence-corrected chi connectivity index (χ4v) is 7.68. The van der Waals surface area contributed by atoms with Gasteiger partial charge in [-0.05, 0) is 85.4 Å². The SMILES string of the molecule is C=C1C[C@@]23CC[C@H]4C(C)(C)CCC[C@]4(C)C2CC[C@@H]1C3. The van der Waals surface area contributed by atoms with E-state index in [1.807, 2.05) is 0 Å². The van der Waals surface area contributed by atoms with Gasteiger partial charge in [0.1, 0.15) is 0 Å². The Morgan fingerprint density at radius 2 is 1.75 bits per heavy atom. The molecule has 0 amide bonds. The molecule has 1 unspecified atom stereocenters. The minimum atomic E-state index is 0.584. The predicted octanol–water partition coefficient (Wildman–Crippen LogP) is 5.98. The molecule has 4 aliphatic rings. The molecule has 0 aromatic rings. The van der Waals surface area contributed by atoms with Crippen molar-refractivity contribution in [2.24, 2.45) is 34.0 Å². The number of allylic oxidation sites excluding steroid dienone is 1. The smallest absolute Gasteiger partial charge is 0.0200 e. The Bertz CT molecular complexity index is 445. The molecule has 5 atom stereocenters. The minimum absolute atomic E-state index is 0.584. The van der Waals surface area contributed by atoms with E-state index in [4.69, 9.17) is 0 Å². The highest BCUT2D eigenvalue weighted by molar-refractivity contribution is 5.22. The Morgan fingerprint density at radius 1 is 0.950 bits per heavy atom. The van der Waals surface area contributed by atoms with Crippen molar-refractivity contribution in [2.45, 2.75) is 78.6 Å². The first kappa shape index (κ1) is 13.4. The maximum atomic E-state index is 4.44. The molecule has 0 aliphatic heterocycles. The van der Waals surface area contributed by atoms with Crippen molar-refractivity contribution in [3.05, 3.63) is 12.2 Å². The van der Waals surface area contributed by atoms with Gasteiger partial charge in [0, 0.05) is 0 Å². The molecule has 1 spiro atoms. The Kier molecular flexibility index (Phi) is 2.63. The fourth-order valence-electron chi connectivity index (χ4n) is 7.68. The Morgan fingerprint density at radius 3 is 2.55 bits per heavy atom. The van der Waals surface area contributed by atoms with Gasteiger partial charge in [0.05, 0.1) is 0 Å². The van der Waals surface area contributed by atoms with Crippen LogP contribution in [0.25, 0.3) is 0 Å². The van der Waals surface area contributed by atoms with E-state index in [0.29, 0.717) is 16.2 Å². The van der Waals surface area contributed by atoms with Gasteiger partial charge in [-0.1, -0.05) is 39.3 Å². The van der Waals surface area contributed by atoms with Crippen LogP contribution in [0.5, 0.6) is 0 Å². The molecule has 4 fully saturated rings. The highest BCUT2D eigenvalue weighted by Gasteiger charge is 2.62. The van der Waals surface area contributed by atoms with Crippen LogP contribution in [0.2, 0.25) is 0 Å².